The average molecular weight is 591 g/mol. The number of amides is 2. The highest BCUT2D eigenvalue weighted by Crippen LogP contribution is 2.38. The predicted octanol–water partition coefficient (Wildman–Crippen LogP) is 7.21. The summed E-state index contributed by atoms with van der Waals surface area (Å²) >= 11 is 7.90. The summed E-state index contributed by atoms with van der Waals surface area (Å²) in [4.78, 5) is 26.8. The molecule has 0 atom stereocenters. The van der Waals surface area contributed by atoms with Gasteiger partial charge in [-0.15, -0.1) is 0 Å². The van der Waals surface area contributed by atoms with Crippen molar-refractivity contribution in [2.24, 2.45) is 0 Å². The van der Waals surface area contributed by atoms with Crippen LogP contribution in [0.5, 0.6) is 5.75 Å². The van der Waals surface area contributed by atoms with Gasteiger partial charge in [0.1, 0.15) is 18.2 Å². The first-order valence-electron chi connectivity index (χ1n) is 10.1. The van der Waals surface area contributed by atoms with E-state index in [9.17, 15) is 14.0 Å². The number of rotatable bonds is 7. The van der Waals surface area contributed by atoms with Gasteiger partial charge in [-0.05, 0) is 85.4 Å². The molecule has 2 amide bonds. The number of hydrogen-bond acceptors (Lipinski definition) is 4. The largest absolute Gasteiger partial charge is 0.486 e. The number of thioether (sulfide) groups is 1. The van der Waals surface area contributed by atoms with E-state index in [-0.39, 0.29) is 23.6 Å². The molecule has 1 saturated heterocycles. The van der Waals surface area contributed by atoms with Crippen molar-refractivity contribution >= 4 is 60.8 Å². The fraction of sp³-hybridized carbons (Fsp3) is 0.120. The average Bonchev–Trinajstić information content (AvgIpc) is 3.06. The quantitative estimate of drug-likeness (QED) is 0.273. The Morgan fingerprint density at radius 2 is 1.64 bits per heavy atom. The molecule has 3 aromatic carbocycles. The number of hydrogen-bond donors (Lipinski definition) is 0. The number of ether oxygens (including phenoxy) is 1. The number of nitrogens with zero attached hydrogens (tertiary/aromatic N) is 1. The van der Waals surface area contributed by atoms with E-state index in [1.807, 2.05) is 30.3 Å². The fourth-order valence-electron chi connectivity index (χ4n) is 3.30. The summed E-state index contributed by atoms with van der Waals surface area (Å²) in [5.41, 5.74) is 2.24. The molecule has 0 bridgehead atoms. The van der Waals surface area contributed by atoms with Crippen molar-refractivity contribution in [2.45, 2.75) is 13.0 Å². The molecule has 1 aliphatic rings. The molecule has 1 fully saturated rings. The highest BCUT2D eigenvalue weighted by molar-refractivity contribution is 9.11. The van der Waals surface area contributed by atoms with Crippen molar-refractivity contribution in [3.8, 4) is 5.75 Å². The van der Waals surface area contributed by atoms with Crippen molar-refractivity contribution in [1.82, 2.24) is 4.90 Å². The van der Waals surface area contributed by atoms with Crippen LogP contribution in [0.25, 0.3) is 6.08 Å². The van der Waals surface area contributed by atoms with Gasteiger partial charge in [0, 0.05) is 12.1 Å². The van der Waals surface area contributed by atoms with Crippen molar-refractivity contribution in [3.05, 3.63) is 103 Å². The number of halogens is 3. The molecular formula is C25H18Br2FNO3S. The van der Waals surface area contributed by atoms with E-state index >= 15 is 0 Å². The van der Waals surface area contributed by atoms with Crippen molar-refractivity contribution < 1.29 is 18.7 Å². The van der Waals surface area contributed by atoms with Crippen LogP contribution in [-0.4, -0.2) is 22.6 Å². The molecule has 0 spiro atoms. The van der Waals surface area contributed by atoms with Gasteiger partial charge in [-0.25, -0.2) is 4.39 Å². The molecule has 0 radical (unpaired) electrons. The minimum atomic E-state index is -0.329. The van der Waals surface area contributed by atoms with E-state index in [2.05, 4.69) is 31.9 Å². The lowest BCUT2D eigenvalue weighted by Crippen LogP contribution is -2.30. The van der Waals surface area contributed by atoms with Crippen LogP contribution in [0.4, 0.5) is 9.18 Å². The molecule has 4 nitrogen and oxygen atoms in total. The SMILES string of the molecule is O=C1S/C(=C/c2cc(Br)c(OCc3ccccc3F)c(Br)c2)C(=O)N1CCc1ccccc1. The van der Waals surface area contributed by atoms with E-state index in [0.29, 0.717) is 38.1 Å². The van der Waals surface area contributed by atoms with E-state index in [1.165, 1.54) is 11.0 Å². The zero-order valence-corrected chi connectivity index (χ0v) is 21.3. The van der Waals surface area contributed by atoms with Crippen LogP contribution in [0.3, 0.4) is 0 Å². The molecule has 3 aromatic rings. The molecule has 4 rings (SSSR count). The summed E-state index contributed by atoms with van der Waals surface area (Å²) in [5.74, 6) is -0.108. The van der Waals surface area contributed by atoms with Crippen LogP contribution in [0.15, 0.2) is 80.6 Å². The van der Waals surface area contributed by atoms with Crippen molar-refractivity contribution in [1.29, 1.82) is 0 Å². The molecule has 8 heteroatoms. The molecule has 0 aliphatic carbocycles. The standard InChI is InChI=1S/C25H18Br2FNO3S/c26-19-12-17(13-20(27)23(19)32-15-18-8-4-5-9-21(18)28)14-22-24(30)29(25(31)33-22)11-10-16-6-2-1-3-7-16/h1-9,12-14H,10-11,15H2/b22-14+. The zero-order valence-electron chi connectivity index (χ0n) is 17.3. The number of carbonyl (C=O) groups is 2. The molecule has 168 valence electrons. The molecular weight excluding hydrogens is 573 g/mol. The second-order valence-electron chi connectivity index (χ2n) is 7.26. The number of carbonyl (C=O) groups excluding carboxylic acids is 2. The first-order chi connectivity index (χ1) is 15.9. The summed E-state index contributed by atoms with van der Waals surface area (Å²) in [6.07, 6.45) is 2.29. The lowest BCUT2D eigenvalue weighted by atomic mass is 10.1. The Morgan fingerprint density at radius 1 is 0.970 bits per heavy atom. The Labute approximate surface area is 212 Å². The van der Waals surface area contributed by atoms with Gasteiger partial charge in [-0.3, -0.25) is 14.5 Å². The summed E-state index contributed by atoms with van der Waals surface area (Å²) in [6, 6.07) is 19.8. The third-order valence-corrected chi connectivity index (χ3v) is 7.07. The van der Waals surface area contributed by atoms with Gasteiger partial charge in [0.15, 0.2) is 0 Å². The molecule has 0 unspecified atom stereocenters. The molecule has 1 heterocycles. The summed E-state index contributed by atoms with van der Waals surface area (Å²) in [6.45, 7) is 0.408. The Balaban J connectivity index is 1.46. The third-order valence-electron chi connectivity index (χ3n) is 4.99. The maximum absolute atomic E-state index is 13.9. The van der Waals surface area contributed by atoms with Crippen LogP contribution in [-0.2, 0) is 17.8 Å². The number of benzene rings is 3. The first-order valence-corrected chi connectivity index (χ1v) is 12.5. The van der Waals surface area contributed by atoms with Crippen LogP contribution in [0.1, 0.15) is 16.7 Å². The van der Waals surface area contributed by atoms with Gasteiger partial charge >= 0.3 is 0 Å². The Morgan fingerprint density at radius 3 is 2.33 bits per heavy atom. The van der Waals surface area contributed by atoms with E-state index in [0.717, 1.165) is 22.9 Å². The van der Waals surface area contributed by atoms with Crippen molar-refractivity contribution in [3.63, 3.8) is 0 Å². The first kappa shape index (κ1) is 23.7. The minimum Gasteiger partial charge on any atom is -0.486 e. The van der Waals surface area contributed by atoms with E-state index < -0.39 is 0 Å². The van der Waals surface area contributed by atoms with Crippen LogP contribution >= 0.6 is 43.6 Å². The zero-order chi connectivity index (χ0) is 23.4. The molecule has 0 saturated carbocycles. The second kappa shape index (κ2) is 10.7. The van der Waals surface area contributed by atoms with Gasteiger partial charge < -0.3 is 4.74 Å². The molecule has 33 heavy (non-hydrogen) atoms. The molecule has 0 aromatic heterocycles. The van der Waals surface area contributed by atoms with Crippen LogP contribution in [0.2, 0.25) is 0 Å². The fourth-order valence-corrected chi connectivity index (χ4v) is 5.61. The topological polar surface area (TPSA) is 46.6 Å². The van der Waals surface area contributed by atoms with Gasteiger partial charge in [-0.2, -0.15) is 0 Å². The van der Waals surface area contributed by atoms with Crippen LogP contribution < -0.4 is 4.74 Å². The number of imide groups is 1. The van der Waals surface area contributed by atoms with Crippen LogP contribution in [0, 0.1) is 5.82 Å². The highest BCUT2D eigenvalue weighted by atomic mass is 79.9. The second-order valence-corrected chi connectivity index (χ2v) is 9.96. The monoisotopic (exact) mass is 589 g/mol. The normalized spacial score (nSPS) is 14.9. The van der Waals surface area contributed by atoms with Gasteiger partial charge in [0.25, 0.3) is 11.1 Å². The lowest BCUT2D eigenvalue weighted by molar-refractivity contribution is -0.122. The minimum absolute atomic E-state index is 0.0729. The van der Waals surface area contributed by atoms with E-state index in [1.54, 1.807) is 36.4 Å². The Hall–Kier alpha value is -2.42. The maximum Gasteiger partial charge on any atom is 0.293 e. The molecule has 1 aliphatic heterocycles. The summed E-state index contributed by atoms with van der Waals surface area (Å²) in [7, 11) is 0. The van der Waals surface area contributed by atoms with Crippen molar-refractivity contribution in [2.75, 3.05) is 6.54 Å². The highest BCUT2D eigenvalue weighted by Gasteiger charge is 2.34. The third kappa shape index (κ3) is 5.75. The smallest absolute Gasteiger partial charge is 0.293 e. The Bertz CT molecular complexity index is 1210. The van der Waals surface area contributed by atoms with Gasteiger partial charge in [-0.1, -0.05) is 48.5 Å². The van der Waals surface area contributed by atoms with Gasteiger partial charge in [0.05, 0.1) is 13.9 Å². The lowest BCUT2D eigenvalue weighted by Gasteiger charge is -2.13. The summed E-state index contributed by atoms with van der Waals surface area (Å²) in [5, 5.41) is -0.273. The summed E-state index contributed by atoms with van der Waals surface area (Å²) < 4.78 is 20.9. The van der Waals surface area contributed by atoms with E-state index in [4.69, 9.17) is 4.74 Å². The Kier molecular flexibility index (Phi) is 7.67. The predicted molar refractivity (Wildman–Crippen MR) is 135 cm³/mol. The maximum atomic E-state index is 13.9. The van der Waals surface area contributed by atoms with Gasteiger partial charge in [0.2, 0.25) is 0 Å². The molecule has 0 N–H and O–H groups in total.